The van der Waals surface area contributed by atoms with Crippen LogP contribution in [0.15, 0.2) is 60.3 Å². The average Bonchev–Trinajstić information content (AvgIpc) is 3.22. The molecular formula is C28H31FN4O4. The van der Waals surface area contributed by atoms with E-state index >= 15 is 0 Å². The van der Waals surface area contributed by atoms with Gasteiger partial charge in [-0.25, -0.2) is 4.39 Å². The first-order valence-corrected chi connectivity index (χ1v) is 12.0. The van der Waals surface area contributed by atoms with E-state index in [2.05, 4.69) is 10.4 Å². The smallest absolute Gasteiger partial charge is 0.253 e. The van der Waals surface area contributed by atoms with Crippen molar-refractivity contribution in [2.24, 2.45) is 0 Å². The van der Waals surface area contributed by atoms with E-state index in [1.807, 2.05) is 38.1 Å². The van der Waals surface area contributed by atoms with E-state index in [0.29, 0.717) is 29.1 Å². The summed E-state index contributed by atoms with van der Waals surface area (Å²) in [4.78, 5) is 27.3. The number of nitrogens with zero attached hydrogens (tertiary/aromatic N) is 3. The van der Waals surface area contributed by atoms with Gasteiger partial charge in [-0.3, -0.25) is 14.3 Å². The molecule has 9 heteroatoms. The quantitative estimate of drug-likeness (QED) is 0.485. The summed E-state index contributed by atoms with van der Waals surface area (Å²) in [6.45, 7) is 4.33. The number of anilines is 1. The monoisotopic (exact) mass is 506 g/mol. The molecule has 2 unspecified atom stereocenters. The van der Waals surface area contributed by atoms with Crippen LogP contribution in [-0.4, -0.2) is 58.5 Å². The van der Waals surface area contributed by atoms with Crippen LogP contribution >= 0.6 is 0 Å². The summed E-state index contributed by atoms with van der Waals surface area (Å²) in [6, 6.07) is 13.5. The number of halogens is 1. The highest BCUT2D eigenvalue weighted by atomic mass is 19.1. The number of methoxy groups -OCH3 is 1. The largest absolute Gasteiger partial charge is 0.389 e. The number of amides is 2. The van der Waals surface area contributed by atoms with E-state index < -0.39 is 12.0 Å². The lowest BCUT2D eigenvalue weighted by atomic mass is 9.85. The third-order valence-corrected chi connectivity index (χ3v) is 6.52. The van der Waals surface area contributed by atoms with Gasteiger partial charge >= 0.3 is 0 Å². The molecule has 3 aromatic rings. The minimum Gasteiger partial charge on any atom is -0.389 e. The highest BCUT2D eigenvalue weighted by Gasteiger charge is 2.31. The first-order chi connectivity index (χ1) is 17.7. The fraction of sp³-hybridized carbons (Fsp3) is 0.321. The summed E-state index contributed by atoms with van der Waals surface area (Å²) in [5, 5.41) is 17.7. The maximum atomic E-state index is 13.5. The van der Waals surface area contributed by atoms with Crippen molar-refractivity contribution in [3.05, 3.63) is 82.9 Å². The molecule has 2 heterocycles. The number of nitrogens with one attached hydrogen (secondary N) is 1. The predicted octanol–water partition coefficient (Wildman–Crippen LogP) is 3.78. The van der Waals surface area contributed by atoms with Crippen molar-refractivity contribution in [3.63, 3.8) is 0 Å². The van der Waals surface area contributed by atoms with Crippen LogP contribution in [0.3, 0.4) is 0 Å². The fourth-order valence-electron chi connectivity index (χ4n) is 4.40. The topological polar surface area (TPSA) is 96.7 Å². The third-order valence-electron chi connectivity index (χ3n) is 6.52. The van der Waals surface area contributed by atoms with Gasteiger partial charge in [-0.05, 0) is 49.2 Å². The number of carbonyl (C=O) groups is 2. The Morgan fingerprint density at radius 3 is 2.65 bits per heavy atom. The van der Waals surface area contributed by atoms with Gasteiger partial charge in [0.25, 0.3) is 5.91 Å². The molecule has 0 bridgehead atoms. The number of aliphatic hydroxyl groups excluding tert-OH is 1. The summed E-state index contributed by atoms with van der Waals surface area (Å²) in [5.74, 6) is -1.31. The van der Waals surface area contributed by atoms with E-state index in [4.69, 9.17) is 4.74 Å². The van der Waals surface area contributed by atoms with Crippen LogP contribution in [0, 0.1) is 19.7 Å². The van der Waals surface area contributed by atoms with Crippen molar-refractivity contribution in [2.45, 2.75) is 38.8 Å². The average molecular weight is 507 g/mol. The molecule has 0 aliphatic carbocycles. The van der Waals surface area contributed by atoms with Crippen molar-refractivity contribution in [1.82, 2.24) is 14.7 Å². The van der Waals surface area contributed by atoms with Crippen LogP contribution in [0.2, 0.25) is 0 Å². The van der Waals surface area contributed by atoms with Crippen LogP contribution in [0.25, 0.3) is 11.3 Å². The van der Waals surface area contributed by atoms with Gasteiger partial charge in [-0.1, -0.05) is 24.3 Å². The van der Waals surface area contributed by atoms with Crippen LogP contribution in [-0.2, 0) is 20.9 Å². The summed E-state index contributed by atoms with van der Waals surface area (Å²) in [7, 11) is 3.15. The van der Waals surface area contributed by atoms with Crippen molar-refractivity contribution in [3.8, 4) is 11.3 Å². The molecular weight excluding hydrogens is 475 g/mol. The summed E-state index contributed by atoms with van der Waals surface area (Å²) < 4.78 is 20.2. The molecule has 2 amide bonds. The second-order valence-electron chi connectivity index (χ2n) is 9.34. The number of aromatic nitrogens is 2. The van der Waals surface area contributed by atoms with E-state index in [1.165, 1.54) is 24.1 Å². The predicted molar refractivity (Wildman–Crippen MR) is 138 cm³/mol. The van der Waals surface area contributed by atoms with Gasteiger partial charge in [0.2, 0.25) is 5.91 Å². The molecule has 1 aromatic heterocycles. The first kappa shape index (κ1) is 26.2. The number of benzene rings is 2. The van der Waals surface area contributed by atoms with Gasteiger partial charge in [0.15, 0.2) is 0 Å². The summed E-state index contributed by atoms with van der Waals surface area (Å²) in [6.07, 6.45) is 0.990. The van der Waals surface area contributed by atoms with Crippen LogP contribution in [0.1, 0.15) is 29.2 Å². The van der Waals surface area contributed by atoms with E-state index in [0.717, 1.165) is 16.8 Å². The molecule has 0 spiro atoms. The molecule has 194 valence electrons. The molecule has 4 rings (SSSR count). The Balaban J connectivity index is 1.59. The first-order valence-electron chi connectivity index (χ1n) is 12.0. The van der Waals surface area contributed by atoms with E-state index in [-0.39, 0.29) is 30.7 Å². The van der Waals surface area contributed by atoms with E-state index in [1.54, 1.807) is 30.1 Å². The maximum Gasteiger partial charge on any atom is 0.253 e. The number of rotatable bonds is 8. The molecule has 2 N–H and O–H groups in total. The Morgan fingerprint density at radius 2 is 1.95 bits per heavy atom. The Bertz CT molecular complexity index is 1330. The number of hydrogen-bond donors (Lipinski definition) is 2. The molecule has 1 aliphatic heterocycles. The molecule has 2 aromatic carbocycles. The second-order valence-corrected chi connectivity index (χ2v) is 9.34. The normalized spacial score (nSPS) is 16.5. The molecule has 2 atom stereocenters. The highest BCUT2D eigenvalue weighted by molar-refractivity contribution is 6.07. The molecule has 0 saturated heterocycles. The van der Waals surface area contributed by atoms with Crippen molar-refractivity contribution >= 4 is 17.5 Å². The highest BCUT2D eigenvalue weighted by Crippen LogP contribution is 2.34. The molecule has 37 heavy (non-hydrogen) atoms. The Labute approximate surface area is 215 Å². The standard InChI is InChI=1S/C28H31FN4O4/c1-17-5-6-20(26-11-18(2)33(31-26)14-22(34)16-37-4)12-25(17)30-28(36)24-15-32(3)27(35)13-23(24)19-7-9-21(29)10-8-19/h5-12,15,22-23,34H,13-14,16H2,1-4H3,(H,30,36). The lowest BCUT2D eigenvalue weighted by molar-refractivity contribution is -0.128. The van der Waals surface area contributed by atoms with E-state index in [9.17, 15) is 19.1 Å². The van der Waals surface area contributed by atoms with Crippen molar-refractivity contribution in [1.29, 1.82) is 0 Å². The zero-order valence-corrected chi connectivity index (χ0v) is 21.4. The van der Waals surface area contributed by atoms with Gasteiger partial charge < -0.3 is 20.1 Å². The van der Waals surface area contributed by atoms with Crippen molar-refractivity contribution < 1.29 is 23.8 Å². The van der Waals surface area contributed by atoms with Crippen LogP contribution in [0.4, 0.5) is 10.1 Å². The molecule has 1 aliphatic rings. The number of hydrogen-bond acceptors (Lipinski definition) is 5. The van der Waals surface area contributed by atoms with Crippen molar-refractivity contribution in [2.75, 3.05) is 26.1 Å². The molecule has 0 radical (unpaired) electrons. The summed E-state index contributed by atoms with van der Waals surface area (Å²) in [5.41, 5.74) is 5.01. The van der Waals surface area contributed by atoms with Crippen LogP contribution in [0.5, 0.6) is 0 Å². The third kappa shape index (κ3) is 5.95. The van der Waals surface area contributed by atoms with Crippen LogP contribution < -0.4 is 5.32 Å². The zero-order valence-electron chi connectivity index (χ0n) is 21.4. The fourth-order valence-corrected chi connectivity index (χ4v) is 4.40. The Hall–Kier alpha value is -3.82. The number of aryl methyl sites for hydroxylation is 2. The molecule has 0 fully saturated rings. The number of carbonyl (C=O) groups excluding carboxylic acids is 2. The lowest BCUT2D eigenvalue weighted by Crippen LogP contribution is -2.33. The minimum absolute atomic E-state index is 0.117. The van der Waals surface area contributed by atoms with Gasteiger partial charge in [0, 0.05) is 55.2 Å². The zero-order chi connectivity index (χ0) is 26.7. The maximum absolute atomic E-state index is 13.5. The van der Waals surface area contributed by atoms with Gasteiger partial charge in [0.05, 0.1) is 24.9 Å². The molecule has 8 nitrogen and oxygen atoms in total. The Kier molecular flexibility index (Phi) is 7.85. The minimum atomic E-state index is -0.674. The lowest BCUT2D eigenvalue weighted by Gasteiger charge is -2.28. The molecule has 0 saturated carbocycles. The van der Waals surface area contributed by atoms with Gasteiger partial charge in [-0.2, -0.15) is 5.10 Å². The SMILES string of the molecule is COCC(O)Cn1nc(-c2ccc(C)c(NC(=O)C3=CN(C)C(=O)CC3c3ccc(F)cc3)c2)cc1C. The van der Waals surface area contributed by atoms with Gasteiger partial charge in [0.1, 0.15) is 5.82 Å². The second kappa shape index (κ2) is 11.1. The number of aliphatic hydroxyl groups is 1. The number of ether oxygens (including phenoxy) is 1. The summed E-state index contributed by atoms with van der Waals surface area (Å²) >= 11 is 0. The Morgan fingerprint density at radius 1 is 1.22 bits per heavy atom. The van der Waals surface area contributed by atoms with Gasteiger partial charge in [-0.15, -0.1) is 0 Å².